The first kappa shape index (κ1) is 16.5. The molecule has 122 valence electrons. The summed E-state index contributed by atoms with van der Waals surface area (Å²) < 4.78 is 0. The molecule has 0 aliphatic rings. The fraction of sp³-hybridized carbons (Fsp3) is 0.118. The topological polar surface area (TPSA) is 62.7 Å². The van der Waals surface area contributed by atoms with Crippen molar-refractivity contribution < 1.29 is 0 Å². The highest BCUT2D eigenvalue weighted by Crippen LogP contribution is 2.31. The lowest BCUT2D eigenvalue weighted by atomic mass is 10.1. The Hall–Kier alpha value is -2.37. The highest BCUT2D eigenvalue weighted by molar-refractivity contribution is 6.43. The zero-order valence-corrected chi connectivity index (χ0v) is 14.7. The van der Waals surface area contributed by atoms with Gasteiger partial charge < -0.3 is 10.6 Å². The third-order valence-electron chi connectivity index (χ3n) is 3.54. The van der Waals surface area contributed by atoms with Gasteiger partial charge in [0.2, 0.25) is 5.95 Å². The Kier molecular flexibility index (Phi) is 4.83. The number of nitrogens with zero attached hydrogens (tertiary/aromatic N) is 3. The molecule has 2 N–H and O–H groups in total. The van der Waals surface area contributed by atoms with Gasteiger partial charge in [-0.05, 0) is 49.2 Å². The van der Waals surface area contributed by atoms with E-state index in [2.05, 4.69) is 51.8 Å². The minimum Gasteiger partial charge on any atom is -0.339 e. The summed E-state index contributed by atoms with van der Waals surface area (Å²) >= 11 is 12.2. The Morgan fingerprint density at radius 2 is 1.79 bits per heavy atom. The van der Waals surface area contributed by atoms with E-state index in [1.165, 1.54) is 11.1 Å². The Bertz CT molecular complexity index is 883. The number of benzene rings is 2. The molecular formula is C17H15Cl2N5. The molecular weight excluding hydrogens is 345 g/mol. The van der Waals surface area contributed by atoms with Gasteiger partial charge in [0.15, 0.2) is 5.82 Å². The van der Waals surface area contributed by atoms with Gasteiger partial charge in [-0.15, -0.1) is 5.10 Å². The van der Waals surface area contributed by atoms with Crippen LogP contribution in [0.4, 0.5) is 23.1 Å². The van der Waals surface area contributed by atoms with Crippen molar-refractivity contribution in [3.05, 3.63) is 63.8 Å². The molecule has 7 heteroatoms. The van der Waals surface area contributed by atoms with Crippen LogP contribution in [-0.2, 0) is 0 Å². The van der Waals surface area contributed by atoms with Crippen molar-refractivity contribution >= 4 is 46.3 Å². The third kappa shape index (κ3) is 3.75. The van der Waals surface area contributed by atoms with Crippen molar-refractivity contribution in [3.8, 4) is 0 Å². The van der Waals surface area contributed by atoms with E-state index in [0.717, 1.165) is 5.69 Å². The van der Waals surface area contributed by atoms with Crippen molar-refractivity contribution in [1.29, 1.82) is 0 Å². The molecule has 0 spiro atoms. The molecule has 0 unspecified atom stereocenters. The van der Waals surface area contributed by atoms with Gasteiger partial charge in [-0.2, -0.15) is 10.1 Å². The smallest absolute Gasteiger partial charge is 0.249 e. The maximum Gasteiger partial charge on any atom is 0.249 e. The van der Waals surface area contributed by atoms with Crippen molar-refractivity contribution in [1.82, 2.24) is 15.2 Å². The summed E-state index contributed by atoms with van der Waals surface area (Å²) in [5.41, 5.74) is 3.99. The number of rotatable bonds is 4. The van der Waals surface area contributed by atoms with Crippen LogP contribution in [0.3, 0.4) is 0 Å². The van der Waals surface area contributed by atoms with Crippen molar-refractivity contribution in [2.75, 3.05) is 10.6 Å². The molecule has 3 rings (SSSR count). The molecule has 0 aliphatic heterocycles. The predicted molar refractivity (Wildman–Crippen MR) is 98.8 cm³/mol. The minimum atomic E-state index is 0.327. The normalized spacial score (nSPS) is 10.5. The van der Waals surface area contributed by atoms with Crippen LogP contribution in [0.5, 0.6) is 0 Å². The molecule has 0 bridgehead atoms. The maximum atomic E-state index is 6.16. The van der Waals surface area contributed by atoms with Gasteiger partial charge in [-0.1, -0.05) is 35.3 Å². The number of anilines is 4. The number of hydrogen-bond donors (Lipinski definition) is 2. The van der Waals surface area contributed by atoms with Crippen molar-refractivity contribution in [2.45, 2.75) is 13.8 Å². The molecule has 3 aromatic rings. The number of nitrogens with one attached hydrogen (secondary N) is 2. The Labute approximate surface area is 150 Å². The number of hydrogen-bond acceptors (Lipinski definition) is 5. The van der Waals surface area contributed by atoms with Crippen LogP contribution < -0.4 is 10.6 Å². The van der Waals surface area contributed by atoms with Gasteiger partial charge in [-0.25, -0.2) is 0 Å². The van der Waals surface area contributed by atoms with Crippen LogP contribution in [0.15, 0.2) is 42.6 Å². The highest BCUT2D eigenvalue weighted by Gasteiger charge is 2.07. The predicted octanol–water partition coefficient (Wildman–Crippen LogP) is 5.28. The third-order valence-corrected chi connectivity index (χ3v) is 4.36. The largest absolute Gasteiger partial charge is 0.339 e. The molecule has 1 heterocycles. The second-order valence-electron chi connectivity index (χ2n) is 5.32. The van der Waals surface area contributed by atoms with Crippen LogP contribution in [-0.4, -0.2) is 15.2 Å². The van der Waals surface area contributed by atoms with Gasteiger partial charge in [0.25, 0.3) is 0 Å². The molecule has 0 fully saturated rings. The summed E-state index contributed by atoms with van der Waals surface area (Å²) in [7, 11) is 0. The first-order valence-electron chi connectivity index (χ1n) is 7.28. The summed E-state index contributed by atoms with van der Waals surface area (Å²) in [6, 6.07) is 11.4. The Balaban J connectivity index is 1.81. The zero-order chi connectivity index (χ0) is 17.1. The first-order valence-corrected chi connectivity index (χ1v) is 8.03. The number of halogens is 2. The van der Waals surface area contributed by atoms with E-state index in [1.54, 1.807) is 24.4 Å². The van der Waals surface area contributed by atoms with Crippen LogP contribution in [0.25, 0.3) is 0 Å². The molecule has 0 saturated carbocycles. The summed E-state index contributed by atoms with van der Waals surface area (Å²) in [6.45, 7) is 4.13. The lowest BCUT2D eigenvalue weighted by Gasteiger charge is -2.10. The molecule has 0 amide bonds. The second-order valence-corrected chi connectivity index (χ2v) is 6.10. The molecule has 1 aromatic heterocycles. The van der Waals surface area contributed by atoms with Gasteiger partial charge in [0.1, 0.15) is 0 Å². The van der Waals surface area contributed by atoms with E-state index in [0.29, 0.717) is 27.5 Å². The van der Waals surface area contributed by atoms with E-state index in [1.807, 2.05) is 6.07 Å². The van der Waals surface area contributed by atoms with Crippen molar-refractivity contribution in [3.63, 3.8) is 0 Å². The van der Waals surface area contributed by atoms with E-state index >= 15 is 0 Å². The Morgan fingerprint density at radius 3 is 2.58 bits per heavy atom. The summed E-state index contributed by atoms with van der Waals surface area (Å²) in [5.74, 6) is 0.905. The lowest BCUT2D eigenvalue weighted by molar-refractivity contribution is 0.982. The Morgan fingerprint density at radius 1 is 0.958 bits per heavy atom. The highest BCUT2D eigenvalue weighted by atomic mass is 35.5. The molecule has 0 atom stereocenters. The average Bonchev–Trinajstić information content (AvgIpc) is 2.56. The van der Waals surface area contributed by atoms with E-state index in [-0.39, 0.29) is 0 Å². The van der Waals surface area contributed by atoms with E-state index < -0.39 is 0 Å². The van der Waals surface area contributed by atoms with Crippen LogP contribution >= 0.6 is 23.2 Å². The first-order chi connectivity index (χ1) is 11.5. The van der Waals surface area contributed by atoms with Crippen molar-refractivity contribution in [2.24, 2.45) is 0 Å². The molecule has 0 radical (unpaired) electrons. The second kappa shape index (κ2) is 7.03. The van der Waals surface area contributed by atoms with Crippen LogP contribution in [0, 0.1) is 13.8 Å². The van der Waals surface area contributed by atoms with Gasteiger partial charge >= 0.3 is 0 Å². The molecule has 24 heavy (non-hydrogen) atoms. The molecule has 0 saturated heterocycles. The average molecular weight is 360 g/mol. The standard InChI is InChI=1S/C17H15Cl2N5/c1-10-6-7-12(8-11(10)2)21-15-9-20-24-17(23-15)22-14-5-3-4-13(18)16(14)19/h3-9H,1-2H3,(H2,21,22,23,24). The number of aryl methyl sites for hydroxylation is 2. The van der Waals surface area contributed by atoms with Crippen LogP contribution in [0.1, 0.15) is 11.1 Å². The van der Waals surface area contributed by atoms with Gasteiger partial charge in [-0.3, -0.25) is 0 Å². The minimum absolute atomic E-state index is 0.327. The maximum absolute atomic E-state index is 6.16. The van der Waals surface area contributed by atoms with Crippen LogP contribution in [0.2, 0.25) is 10.0 Å². The molecule has 5 nitrogen and oxygen atoms in total. The summed E-state index contributed by atoms with van der Waals surface area (Å²) in [6.07, 6.45) is 1.56. The fourth-order valence-corrected chi connectivity index (χ4v) is 2.45. The number of aromatic nitrogens is 3. The molecule has 0 aliphatic carbocycles. The summed E-state index contributed by atoms with van der Waals surface area (Å²) in [4.78, 5) is 4.39. The lowest BCUT2D eigenvalue weighted by Crippen LogP contribution is -2.03. The fourth-order valence-electron chi connectivity index (χ4n) is 2.10. The van der Waals surface area contributed by atoms with Gasteiger partial charge in [0, 0.05) is 5.69 Å². The van der Waals surface area contributed by atoms with E-state index in [9.17, 15) is 0 Å². The zero-order valence-electron chi connectivity index (χ0n) is 13.1. The SMILES string of the molecule is Cc1ccc(Nc2cnnc(Nc3cccc(Cl)c3Cl)n2)cc1C. The van der Waals surface area contributed by atoms with E-state index in [4.69, 9.17) is 23.2 Å². The summed E-state index contributed by atoms with van der Waals surface area (Å²) in [5, 5.41) is 15.0. The monoisotopic (exact) mass is 359 g/mol. The van der Waals surface area contributed by atoms with Gasteiger partial charge in [0.05, 0.1) is 21.9 Å². The molecule has 2 aromatic carbocycles. The quantitative estimate of drug-likeness (QED) is 0.663.